The third-order valence-electron chi connectivity index (χ3n) is 2.85. The molecule has 2 aromatic carbocycles. The minimum atomic E-state index is -0.558. The number of methoxy groups -OCH3 is 1. The summed E-state index contributed by atoms with van der Waals surface area (Å²) in [6.07, 6.45) is 0. The molecular weight excluding hydrogens is 323 g/mol. The number of nitrogens with one attached hydrogen (secondary N) is 1. The van der Waals surface area contributed by atoms with Crippen LogP contribution in [0, 0.1) is 17.1 Å². The zero-order valence-corrected chi connectivity index (χ0v) is 12.9. The van der Waals surface area contributed by atoms with Crippen molar-refractivity contribution in [1.29, 1.82) is 5.26 Å². The lowest BCUT2D eigenvalue weighted by atomic mass is 10.2. The van der Waals surface area contributed by atoms with Crippen LogP contribution < -0.4 is 14.8 Å². The minimum Gasteiger partial charge on any atom is -0.493 e. The summed E-state index contributed by atoms with van der Waals surface area (Å²) in [5.41, 5.74) is 0.356. The van der Waals surface area contributed by atoms with E-state index in [0.29, 0.717) is 5.56 Å². The molecule has 23 heavy (non-hydrogen) atoms. The Hall–Kier alpha value is -2.78. The molecule has 0 radical (unpaired) electrons. The van der Waals surface area contributed by atoms with Crippen molar-refractivity contribution in [3.63, 3.8) is 0 Å². The molecule has 1 amide bonds. The SMILES string of the molecule is COc1cc(C#N)cc(Cl)c1OCC(=O)Nc1ccccc1F. The number of para-hydroxylation sites is 1. The third kappa shape index (κ3) is 4.11. The summed E-state index contributed by atoms with van der Waals surface area (Å²) in [5.74, 6) is -0.739. The highest BCUT2D eigenvalue weighted by Crippen LogP contribution is 2.36. The number of nitrogens with zero attached hydrogens (tertiary/aromatic N) is 1. The van der Waals surface area contributed by atoms with E-state index >= 15 is 0 Å². The van der Waals surface area contributed by atoms with Gasteiger partial charge in [0.2, 0.25) is 0 Å². The van der Waals surface area contributed by atoms with Crippen LogP contribution in [0.4, 0.5) is 10.1 Å². The van der Waals surface area contributed by atoms with E-state index in [9.17, 15) is 9.18 Å². The zero-order chi connectivity index (χ0) is 16.8. The maximum absolute atomic E-state index is 13.5. The lowest BCUT2D eigenvalue weighted by Crippen LogP contribution is -2.21. The molecule has 0 saturated carbocycles. The maximum atomic E-state index is 13.5. The summed E-state index contributed by atoms with van der Waals surface area (Å²) < 4.78 is 23.9. The average molecular weight is 335 g/mol. The van der Waals surface area contributed by atoms with Crippen molar-refractivity contribution < 1.29 is 18.7 Å². The second kappa shape index (κ2) is 7.47. The molecule has 118 valence electrons. The van der Waals surface area contributed by atoms with Gasteiger partial charge in [0.25, 0.3) is 5.91 Å². The molecule has 5 nitrogen and oxygen atoms in total. The molecule has 0 fully saturated rings. The van der Waals surface area contributed by atoms with E-state index in [1.807, 2.05) is 6.07 Å². The Balaban J connectivity index is 2.08. The molecule has 2 aromatic rings. The number of rotatable bonds is 5. The van der Waals surface area contributed by atoms with Gasteiger partial charge in [-0.25, -0.2) is 4.39 Å². The van der Waals surface area contributed by atoms with Gasteiger partial charge >= 0.3 is 0 Å². The van der Waals surface area contributed by atoms with Crippen LogP contribution in [0.1, 0.15) is 5.56 Å². The van der Waals surface area contributed by atoms with E-state index in [0.717, 1.165) is 0 Å². The monoisotopic (exact) mass is 334 g/mol. The molecule has 0 spiro atoms. The van der Waals surface area contributed by atoms with E-state index in [-0.39, 0.29) is 22.2 Å². The third-order valence-corrected chi connectivity index (χ3v) is 3.13. The second-order valence-corrected chi connectivity index (χ2v) is 4.83. The van der Waals surface area contributed by atoms with Gasteiger partial charge in [-0.1, -0.05) is 23.7 Å². The molecule has 0 saturated heterocycles. The number of carbonyl (C=O) groups is 1. The molecule has 0 aliphatic heterocycles. The predicted molar refractivity (Wildman–Crippen MR) is 83.2 cm³/mol. The van der Waals surface area contributed by atoms with E-state index in [4.69, 9.17) is 26.3 Å². The van der Waals surface area contributed by atoms with E-state index < -0.39 is 18.3 Å². The zero-order valence-electron chi connectivity index (χ0n) is 12.1. The van der Waals surface area contributed by atoms with Crippen molar-refractivity contribution in [3.05, 3.63) is 52.8 Å². The molecule has 0 aliphatic rings. The highest BCUT2D eigenvalue weighted by Gasteiger charge is 2.14. The van der Waals surface area contributed by atoms with Gasteiger partial charge in [-0.15, -0.1) is 0 Å². The van der Waals surface area contributed by atoms with Crippen LogP contribution in [0.2, 0.25) is 5.02 Å². The molecule has 0 bridgehead atoms. The standard InChI is InChI=1S/C16H12ClFN2O3/c1-22-14-7-10(8-19)6-11(17)16(14)23-9-15(21)20-13-5-3-2-4-12(13)18/h2-7H,9H2,1H3,(H,20,21). The van der Waals surface area contributed by atoms with E-state index in [1.165, 1.54) is 37.4 Å². The number of carbonyl (C=O) groups excluding carboxylic acids is 1. The molecule has 0 heterocycles. The first-order chi connectivity index (χ1) is 11.0. The Morgan fingerprint density at radius 3 is 2.78 bits per heavy atom. The van der Waals surface area contributed by atoms with Crippen molar-refractivity contribution in [2.24, 2.45) is 0 Å². The van der Waals surface area contributed by atoms with Crippen molar-refractivity contribution in [1.82, 2.24) is 0 Å². The van der Waals surface area contributed by atoms with Crippen LogP contribution in [0.15, 0.2) is 36.4 Å². The fourth-order valence-electron chi connectivity index (χ4n) is 1.81. The van der Waals surface area contributed by atoms with Crippen LogP contribution in [0.5, 0.6) is 11.5 Å². The van der Waals surface area contributed by atoms with Crippen molar-refractivity contribution in [2.75, 3.05) is 19.0 Å². The Morgan fingerprint density at radius 2 is 2.13 bits per heavy atom. The molecule has 0 aliphatic carbocycles. The highest BCUT2D eigenvalue weighted by atomic mass is 35.5. The van der Waals surface area contributed by atoms with Crippen molar-refractivity contribution >= 4 is 23.2 Å². The lowest BCUT2D eigenvalue weighted by Gasteiger charge is -2.13. The van der Waals surface area contributed by atoms with Gasteiger partial charge in [0.15, 0.2) is 18.1 Å². The van der Waals surface area contributed by atoms with Crippen LogP contribution in [0.25, 0.3) is 0 Å². The Bertz CT molecular complexity index is 774. The van der Waals surface area contributed by atoms with Crippen molar-refractivity contribution in [3.8, 4) is 17.6 Å². The number of hydrogen-bond acceptors (Lipinski definition) is 4. The smallest absolute Gasteiger partial charge is 0.262 e. The summed E-state index contributed by atoms with van der Waals surface area (Å²) >= 11 is 6.01. The second-order valence-electron chi connectivity index (χ2n) is 4.42. The van der Waals surface area contributed by atoms with Crippen LogP contribution >= 0.6 is 11.6 Å². The maximum Gasteiger partial charge on any atom is 0.262 e. The number of halogens is 2. The molecule has 0 atom stereocenters. The molecule has 0 aromatic heterocycles. The summed E-state index contributed by atoms with van der Waals surface area (Å²) in [5, 5.41) is 11.4. The number of hydrogen-bond donors (Lipinski definition) is 1. The number of ether oxygens (including phenoxy) is 2. The van der Waals surface area contributed by atoms with Gasteiger partial charge < -0.3 is 14.8 Å². The van der Waals surface area contributed by atoms with Gasteiger partial charge in [-0.05, 0) is 18.2 Å². The normalized spacial score (nSPS) is 9.83. The molecule has 1 N–H and O–H groups in total. The summed E-state index contributed by atoms with van der Waals surface area (Å²) in [6.45, 7) is -0.393. The largest absolute Gasteiger partial charge is 0.493 e. The van der Waals surface area contributed by atoms with Gasteiger partial charge in [0.1, 0.15) is 5.82 Å². The quantitative estimate of drug-likeness (QED) is 0.910. The molecule has 0 unspecified atom stereocenters. The van der Waals surface area contributed by atoms with Crippen LogP contribution in [-0.4, -0.2) is 19.6 Å². The van der Waals surface area contributed by atoms with Gasteiger partial charge in [-0.2, -0.15) is 5.26 Å². The molecular formula is C16H12ClFN2O3. The number of amides is 1. The van der Waals surface area contributed by atoms with E-state index in [2.05, 4.69) is 5.32 Å². The van der Waals surface area contributed by atoms with Gasteiger partial charge in [0.05, 0.1) is 29.5 Å². The Labute approximate surface area is 137 Å². The fourth-order valence-corrected chi connectivity index (χ4v) is 2.08. The first-order valence-corrected chi connectivity index (χ1v) is 6.87. The average Bonchev–Trinajstić information content (AvgIpc) is 2.55. The summed E-state index contributed by atoms with van der Waals surface area (Å²) in [6, 6.07) is 10.6. The summed E-state index contributed by atoms with van der Waals surface area (Å²) in [4.78, 5) is 11.8. The fraction of sp³-hybridized carbons (Fsp3) is 0.125. The lowest BCUT2D eigenvalue weighted by molar-refractivity contribution is -0.118. The summed E-state index contributed by atoms with van der Waals surface area (Å²) in [7, 11) is 1.39. The Kier molecular flexibility index (Phi) is 5.39. The van der Waals surface area contributed by atoms with Gasteiger partial charge in [-0.3, -0.25) is 4.79 Å². The van der Waals surface area contributed by atoms with Crippen LogP contribution in [-0.2, 0) is 4.79 Å². The predicted octanol–water partition coefficient (Wildman–Crippen LogP) is 3.38. The first-order valence-electron chi connectivity index (χ1n) is 6.50. The van der Waals surface area contributed by atoms with Gasteiger partial charge in [0, 0.05) is 6.07 Å². The Morgan fingerprint density at radius 1 is 1.39 bits per heavy atom. The molecule has 2 rings (SSSR count). The first kappa shape index (κ1) is 16.6. The van der Waals surface area contributed by atoms with Crippen LogP contribution in [0.3, 0.4) is 0 Å². The van der Waals surface area contributed by atoms with E-state index in [1.54, 1.807) is 6.07 Å². The number of benzene rings is 2. The highest BCUT2D eigenvalue weighted by molar-refractivity contribution is 6.32. The molecule has 7 heteroatoms. The topological polar surface area (TPSA) is 71.3 Å². The number of anilines is 1. The van der Waals surface area contributed by atoms with Crippen molar-refractivity contribution in [2.45, 2.75) is 0 Å². The number of nitriles is 1. The minimum absolute atomic E-state index is 0.0546.